The molecule has 0 unspecified atom stereocenters. The third-order valence-corrected chi connectivity index (χ3v) is 5.45. The number of furan rings is 1. The van der Waals surface area contributed by atoms with E-state index in [2.05, 4.69) is 10.0 Å². The highest BCUT2D eigenvalue weighted by atomic mass is 32.2. The van der Waals surface area contributed by atoms with Gasteiger partial charge in [0.25, 0.3) is 15.9 Å². The molecule has 3 rings (SSSR count). The molecule has 1 aromatic heterocycles. The van der Waals surface area contributed by atoms with Gasteiger partial charge in [0.05, 0.1) is 23.4 Å². The van der Waals surface area contributed by atoms with E-state index >= 15 is 0 Å². The fourth-order valence-corrected chi connectivity index (χ4v) is 3.64. The van der Waals surface area contributed by atoms with Crippen molar-refractivity contribution in [2.24, 2.45) is 0 Å². The molecule has 0 atom stereocenters. The van der Waals surface area contributed by atoms with Gasteiger partial charge in [-0.2, -0.15) is 0 Å². The molecule has 2 aromatic carbocycles. The average Bonchev–Trinajstić information content (AvgIpc) is 3.16. The maximum Gasteiger partial charge on any atom is 0.261 e. The largest absolute Gasteiger partial charge is 0.467 e. The van der Waals surface area contributed by atoms with Crippen molar-refractivity contribution in [3.8, 4) is 0 Å². The maximum atomic E-state index is 12.6. The van der Waals surface area contributed by atoms with Crippen LogP contribution in [0.3, 0.4) is 0 Å². The lowest BCUT2D eigenvalue weighted by Crippen LogP contribution is -2.22. The van der Waals surface area contributed by atoms with Gasteiger partial charge in [-0.25, -0.2) is 8.42 Å². The van der Waals surface area contributed by atoms with Gasteiger partial charge < -0.3 is 9.73 Å². The minimum absolute atomic E-state index is 0.0889. The fraction of sp³-hybridized carbons (Fsp3) is 0.150. The molecular formula is C20H20N2O4S. The van der Waals surface area contributed by atoms with E-state index in [4.69, 9.17) is 4.42 Å². The van der Waals surface area contributed by atoms with Crippen molar-refractivity contribution in [1.82, 2.24) is 5.32 Å². The van der Waals surface area contributed by atoms with Crippen molar-refractivity contribution < 1.29 is 17.6 Å². The lowest BCUT2D eigenvalue weighted by molar-refractivity contribution is 0.0948. The van der Waals surface area contributed by atoms with Gasteiger partial charge in [-0.1, -0.05) is 12.1 Å². The molecule has 140 valence electrons. The van der Waals surface area contributed by atoms with Crippen LogP contribution >= 0.6 is 0 Å². The van der Waals surface area contributed by atoms with Crippen LogP contribution in [0.4, 0.5) is 5.69 Å². The standard InChI is InChI=1S/C20H20N2O4S/c1-14-5-6-15(2)19(12-14)22-27(24,25)18-9-7-16(8-10-18)20(23)21-13-17-4-3-11-26-17/h3-12,22H,13H2,1-2H3,(H,21,23). The van der Waals surface area contributed by atoms with Crippen LogP contribution in [0.25, 0.3) is 0 Å². The summed E-state index contributed by atoms with van der Waals surface area (Å²) in [7, 11) is -3.74. The molecular weight excluding hydrogens is 364 g/mol. The fourth-order valence-electron chi connectivity index (χ4n) is 2.52. The first-order chi connectivity index (χ1) is 12.8. The van der Waals surface area contributed by atoms with Crippen LogP contribution in [-0.2, 0) is 16.6 Å². The lowest BCUT2D eigenvalue weighted by Gasteiger charge is -2.12. The monoisotopic (exact) mass is 384 g/mol. The van der Waals surface area contributed by atoms with Crippen molar-refractivity contribution >= 4 is 21.6 Å². The van der Waals surface area contributed by atoms with Crippen LogP contribution in [0, 0.1) is 13.8 Å². The average molecular weight is 384 g/mol. The second kappa shape index (κ2) is 7.67. The number of carbonyl (C=O) groups is 1. The molecule has 1 amide bonds. The zero-order valence-electron chi connectivity index (χ0n) is 15.0. The molecule has 27 heavy (non-hydrogen) atoms. The first-order valence-electron chi connectivity index (χ1n) is 8.36. The summed E-state index contributed by atoms with van der Waals surface area (Å²) < 4.78 is 33.0. The number of amides is 1. The highest BCUT2D eigenvalue weighted by molar-refractivity contribution is 7.92. The van der Waals surface area contributed by atoms with Gasteiger partial charge in [0.2, 0.25) is 0 Å². The summed E-state index contributed by atoms with van der Waals surface area (Å²) in [5, 5.41) is 2.72. The van der Waals surface area contributed by atoms with Crippen LogP contribution < -0.4 is 10.0 Å². The quantitative estimate of drug-likeness (QED) is 0.679. The number of benzene rings is 2. The molecule has 0 aliphatic rings. The van der Waals surface area contributed by atoms with E-state index < -0.39 is 10.0 Å². The summed E-state index contributed by atoms with van der Waals surface area (Å²) >= 11 is 0. The molecule has 2 N–H and O–H groups in total. The van der Waals surface area contributed by atoms with Crippen LogP contribution in [-0.4, -0.2) is 14.3 Å². The Morgan fingerprint density at radius 3 is 2.44 bits per heavy atom. The van der Waals surface area contributed by atoms with Crippen molar-refractivity contribution in [3.63, 3.8) is 0 Å². The Bertz CT molecular complexity index is 1040. The highest BCUT2D eigenvalue weighted by Gasteiger charge is 2.16. The lowest BCUT2D eigenvalue weighted by atomic mass is 10.1. The summed E-state index contributed by atoms with van der Waals surface area (Å²) in [6, 6.07) is 14.8. The highest BCUT2D eigenvalue weighted by Crippen LogP contribution is 2.21. The molecule has 0 aliphatic heterocycles. The number of carbonyl (C=O) groups excluding carboxylic acids is 1. The van der Waals surface area contributed by atoms with Crippen molar-refractivity contribution in [2.45, 2.75) is 25.3 Å². The number of aryl methyl sites for hydroxylation is 2. The van der Waals surface area contributed by atoms with E-state index in [1.54, 1.807) is 18.2 Å². The van der Waals surface area contributed by atoms with E-state index in [1.807, 2.05) is 26.0 Å². The van der Waals surface area contributed by atoms with Crippen LogP contribution in [0.5, 0.6) is 0 Å². The Hall–Kier alpha value is -3.06. The topological polar surface area (TPSA) is 88.4 Å². The molecule has 0 fully saturated rings. The van der Waals surface area contributed by atoms with Gasteiger partial charge >= 0.3 is 0 Å². The zero-order valence-corrected chi connectivity index (χ0v) is 15.8. The number of hydrogen-bond acceptors (Lipinski definition) is 4. The Morgan fingerprint density at radius 2 is 1.78 bits per heavy atom. The second-order valence-electron chi connectivity index (χ2n) is 6.21. The summed E-state index contributed by atoms with van der Waals surface area (Å²) in [6.07, 6.45) is 1.53. The number of nitrogens with one attached hydrogen (secondary N) is 2. The molecule has 7 heteroatoms. The molecule has 0 radical (unpaired) electrons. The third kappa shape index (κ3) is 4.57. The first kappa shape index (κ1) is 18.7. The van der Waals surface area contributed by atoms with E-state index in [0.717, 1.165) is 11.1 Å². The van der Waals surface area contributed by atoms with Gasteiger partial charge in [-0.3, -0.25) is 9.52 Å². The van der Waals surface area contributed by atoms with Crippen molar-refractivity contribution in [2.75, 3.05) is 4.72 Å². The maximum absolute atomic E-state index is 12.6. The smallest absolute Gasteiger partial charge is 0.261 e. The Labute approximate surface area is 158 Å². The van der Waals surface area contributed by atoms with E-state index in [9.17, 15) is 13.2 Å². The summed E-state index contributed by atoms with van der Waals surface area (Å²) in [5.74, 6) is 0.332. The minimum Gasteiger partial charge on any atom is -0.467 e. The summed E-state index contributed by atoms with van der Waals surface area (Å²) in [4.78, 5) is 12.2. The predicted octanol–water partition coefficient (Wildman–Crippen LogP) is 3.63. The van der Waals surface area contributed by atoms with Crippen molar-refractivity contribution in [1.29, 1.82) is 0 Å². The van der Waals surface area contributed by atoms with Crippen LogP contribution in [0.15, 0.2) is 70.2 Å². The molecule has 0 saturated heterocycles. The van der Waals surface area contributed by atoms with Crippen molar-refractivity contribution in [3.05, 3.63) is 83.3 Å². The van der Waals surface area contributed by atoms with Gasteiger partial charge in [0.15, 0.2) is 0 Å². The molecule has 1 heterocycles. The number of sulfonamides is 1. The molecule has 0 bridgehead atoms. The molecule has 0 spiro atoms. The number of hydrogen-bond donors (Lipinski definition) is 2. The molecule has 3 aromatic rings. The normalized spacial score (nSPS) is 11.2. The SMILES string of the molecule is Cc1ccc(C)c(NS(=O)(=O)c2ccc(C(=O)NCc3ccco3)cc2)c1. The minimum atomic E-state index is -3.74. The van der Waals surface area contributed by atoms with Gasteiger partial charge in [0.1, 0.15) is 5.76 Å². The summed E-state index contributed by atoms with van der Waals surface area (Å²) in [6.45, 7) is 4.00. The number of anilines is 1. The molecule has 0 aliphatic carbocycles. The van der Waals surface area contributed by atoms with Gasteiger partial charge in [-0.05, 0) is 67.4 Å². The number of rotatable bonds is 6. The molecule has 0 saturated carbocycles. The van der Waals surface area contributed by atoms with Crippen LogP contribution in [0.2, 0.25) is 0 Å². The zero-order chi connectivity index (χ0) is 19.4. The second-order valence-corrected chi connectivity index (χ2v) is 7.89. The van der Waals surface area contributed by atoms with E-state index in [0.29, 0.717) is 17.0 Å². The first-order valence-corrected chi connectivity index (χ1v) is 9.84. The Morgan fingerprint density at radius 1 is 1.04 bits per heavy atom. The van der Waals surface area contributed by atoms with Gasteiger partial charge in [0, 0.05) is 5.56 Å². The Kier molecular flexibility index (Phi) is 5.32. The molecule has 6 nitrogen and oxygen atoms in total. The van der Waals surface area contributed by atoms with E-state index in [-0.39, 0.29) is 17.3 Å². The predicted molar refractivity (Wildman–Crippen MR) is 103 cm³/mol. The van der Waals surface area contributed by atoms with Gasteiger partial charge in [-0.15, -0.1) is 0 Å². The van der Waals surface area contributed by atoms with Crippen LogP contribution in [0.1, 0.15) is 27.2 Å². The Balaban J connectivity index is 1.71. The summed E-state index contributed by atoms with van der Waals surface area (Å²) in [5.41, 5.74) is 2.70. The van der Waals surface area contributed by atoms with E-state index in [1.165, 1.54) is 30.5 Å². The third-order valence-electron chi connectivity index (χ3n) is 4.07.